The van der Waals surface area contributed by atoms with E-state index in [9.17, 15) is 0 Å². The van der Waals surface area contributed by atoms with E-state index in [2.05, 4.69) is 41.4 Å². The molecule has 0 bridgehead atoms. The van der Waals surface area contributed by atoms with Gasteiger partial charge in [0.15, 0.2) is 0 Å². The molecule has 0 amide bonds. The highest BCUT2D eigenvalue weighted by molar-refractivity contribution is 7.98. The van der Waals surface area contributed by atoms with Gasteiger partial charge in [-0.3, -0.25) is 0 Å². The average molecular weight is 286 g/mol. The zero-order valence-electron chi connectivity index (χ0n) is 11.3. The van der Waals surface area contributed by atoms with Gasteiger partial charge in [0.05, 0.1) is 11.8 Å². The second-order valence-corrected chi connectivity index (χ2v) is 5.47. The Labute approximate surface area is 121 Å². The summed E-state index contributed by atoms with van der Waals surface area (Å²) in [5, 5.41) is 8.68. The minimum Gasteiger partial charge on any atom is -0.469 e. The first-order valence-electron chi connectivity index (χ1n) is 6.29. The standard InChI is InChI=1S/C15H14N2O2S/c1-10-4-3-5-12(8-10)9-20-15-17-16-14(19-15)13-6-7-18-11(13)2/h3-8H,9H2,1-2H3. The maximum absolute atomic E-state index is 5.64. The van der Waals surface area contributed by atoms with Gasteiger partial charge in [-0.1, -0.05) is 41.6 Å². The monoisotopic (exact) mass is 286 g/mol. The number of benzene rings is 1. The summed E-state index contributed by atoms with van der Waals surface area (Å²) >= 11 is 1.54. The van der Waals surface area contributed by atoms with Crippen LogP contribution in [0.3, 0.4) is 0 Å². The molecule has 0 saturated heterocycles. The quantitative estimate of drug-likeness (QED) is 0.671. The van der Waals surface area contributed by atoms with Crippen LogP contribution in [0.4, 0.5) is 0 Å². The van der Waals surface area contributed by atoms with Gasteiger partial charge in [0.25, 0.3) is 11.1 Å². The molecule has 2 aromatic heterocycles. The lowest BCUT2D eigenvalue weighted by Gasteiger charge is -1.99. The summed E-state index contributed by atoms with van der Waals surface area (Å²) in [5.74, 6) is 2.10. The van der Waals surface area contributed by atoms with Gasteiger partial charge >= 0.3 is 0 Å². The Balaban J connectivity index is 1.70. The number of furan rings is 1. The van der Waals surface area contributed by atoms with Crippen molar-refractivity contribution >= 4 is 11.8 Å². The van der Waals surface area contributed by atoms with E-state index in [1.165, 1.54) is 22.9 Å². The first-order valence-corrected chi connectivity index (χ1v) is 7.27. The molecule has 0 aliphatic carbocycles. The molecule has 0 spiro atoms. The van der Waals surface area contributed by atoms with Crippen LogP contribution < -0.4 is 0 Å². The van der Waals surface area contributed by atoms with Crippen molar-refractivity contribution in [1.82, 2.24) is 10.2 Å². The van der Waals surface area contributed by atoms with Gasteiger partial charge in [0, 0.05) is 5.75 Å². The fourth-order valence-corrected chi connectivity index (χ4v) is 2.64. The van der Waals surface area contributed by atoms with Gasteiger partial charge in [-0.05, 0) is 25.5 Å². The molecule has 0 fully saturated rings. The highest BCUT2D eigenvalue weighted by Crippen LogP contribution is 2.27. The number of aryl methyl sites for hydroxylation is 2. The molecule has 1 aromatic carbocycles. The molecule has 0 aliphatic heterocycles. The fourth-order valence-electron chi connectivity index (χ4n) is 1.93. The van der Waals surface area contributed by atoms with Crippen LogP contribution in [-0.4, -0.2) is 10.2 Å². The number of nitrogens with zero attached hydrogens (tertiary/aromatic N) is 2. The van der Waals surface area contributed by atoms with Crippen molar-refractivity contribution in [2.75, 3.05) is 0 Å². The summed E-state index contributed by atoms with van der Waals surface area (Å²) in [5.41, 5.74) is 3.34. The van der Waals surface area contributed by atoms with E-state index in [0.29, 0.717) is 11.1 Å². The molecule has 5 heteroatoms. The second-order valence-electron chi connectivity index (χ2n) is 4.54. The van der Waals surface area contributed by atoms with Gasteiger partial charge in [-0.2, -0.15) is 0 Å². The predicted octanol–water partition coefficient (Wildman–Crippen LogP) is 4.24. The smallest absolute Gasteiger partial charge is 0.277 e. The van der Waals surface area contributed by atoms with E-state index < -0.39 is 0 Å². The fraction of sp³-hybridized carbons (Fsp3) is 0.200. The molecular weight excluding hydrogens is 272 g/mol. The summed E-state index contributed by atoms with van der Waals surface area (Å²) in [7, 11) is 0. The molecule has 3 rings (SSSR count). The van der Waals surface area contributed by atoms with Crippen LogP contribution in [0.15, 0.2) is 50.7 Å². The van der Waals surface area contributed by atoms with Crippen LogP contribution in [0.5, 0.6) is 0 Å². The van der Waals surface area contributed by atoms with Crippen molar-refractivity contribution in [2.24, 2.45) is 0 Å². The summed E-state index contributed by atoms with van der Waals surface area (Å²) in [6, 6.07) is 10.2. The van der Waals surface area contributed by atoms with Crippen molar-refractivity contribution in [3.8, 4) is 11.5 Å². The zero-order valence-corrected chi connectivity index (χ0v) is 12.1. The van der Waals surface area contributed by atoms with E-state index in [1.807, 2.05) is 13.0 Å². The molecule has 0 unspecified atom stereocenters. The van der Waals surface area contributed by atoms with Gasteiger partial charge in [-0.15, -0.1) is 10.2 Å². The molecule has 0 atom stereocenters. The molecule has 0 saturated carbocycles. The summed E-state index contributed by atoms with van der Waals surface area (Å²) in [6.45, 7) is 3.96. The van der Waals surface area contributed by atoms with Gasteiger partial charge in [0.2, 0.25) is 0 Å². The number of hydrogen-bond acceptors (Lipinski definition) is 5. The minimum absolute atomic E-state index is 0.503. The third kappa shape index (κ3) is 2.77. The first kappa shape index (κ1) is 13.0. The maximum atomic E-state index is 5.64. The number of hydrogen-bond donors (Lipinski definition) is 0. The van der Waals surface area contributed by atoms with Crippen molar-refractivity contribution in [3.63, 3.8) is 0 Å². The van der Waals surface area contributed by atoms with E-state index >= 15 is 0 Å². The van der Waals surface area contributed by atoms with Crippen LogP contribution in [0.1, 0.15) is 16.9 Å². The molecule has 20 heavy (non-hydrogen) atoms. The Kier molecular flexibility index (Phi) is 3.60. The first-order chi connectivity index (χ1) is 9.72. The van der Waals surface area contributed by atoms with Crippen molar-refractivity contribution in [1.29, 1.82) is 0 Å². The number of rotatable bonds is 4. The lowest BCUT2D eigenvalue weighted by molar-refractivity contribution is 0.463. The van der Waals surface area contributed by atoms with E-state index in [-0.39, 0.29) is 0 Å². The molecule has 0 N–H and O–H groups in total. The SMILES string of the molecule is Cc1cccc(CSc2nnc(-c3ccoc3C)o2)c1. The van der Waals surface area contributed by atoms with Crippen LogP contribution in [0, 0.1) is 13.8 Å². The maximum Gasteiger partial charge on any atom is 0.277 e. The largest absolute Gasteiger partial charge is 0.469 e. The lowest BCUT2D eigenvalue weighted by Crippen LogP contribution is -1.81. The third-order valence-corrected chi connectivity index (χ3v) is 3.83. The van der Waals surface area contributed by atoms with Gasteiger partial charge < -0.3 is 8.83 Å². The predicted molar refractivity (Wildman–Crippen MR) is 77.5 cm³/mol. The minimum atomic E-state index is 0.503. The van der Waals surface area contributed by atoms with Crippen LogP contribution in [0.2, 0.25) is 0 Å². The molecule has 2 heterocycles. The Morgan fingerprint density at radius 1 is 1.15 bits per heavy atom. The second kappa shape index (κ2) is 5.54. The Bertz CT molecular complexity index is 718. The van der Waals surface area contributed by atoms with Crippen molar-refractivity contribution < 1.29 is 8.83 Å². The highest BCUT2D eigenvalue weighted by atomic mass is 32.2. The number of thioether (sulfide) groups is 1. The number of aromatic nitrogens is 2. The van der Waals surface area contributed by atoms with Crippen LogP contribution >= 0.6 is 11.8 Å². The van der Waals surface area contributed by atoms with Crippen molar-refractivity contribution in [2.45, 2.75) is 24.8 Å². The van der Waals surface area contributed by atoms with Gasteiger partial charge in [0.1, 0.15) is 5.76 Å². The summed E-state index contributed by atoms with van der Waals surface area (Å²) < 4.78 is 10.9. The summed E-state index contributed by atoms with van der Waals surface area (Å²) in [6.07, 6.45) is 1.62. The average Bonchev–Trinajstić information content (AvgIpc) is 3.05. The topological polar surface area (TPSA) is 52.1 Å². The van der Waals surface area contributed by atoms with E-state index in [1.54, 1.807) is 6.26 Å². The molecule has 102 valence electrons. The van der Waals surface area contributed by atoms with E-state index in [0.717, 1.165) is 17.1 Å². The molecule has 0 radical (unpaired) electrons. The van der Waals surface area contributed by atoms with Crippen molar-refractivity contribution in [3.05, 3.63) is 53.5 Å². The summed E-state index contributed by atoms with van der Waals surface area (Å²) in [4.78, 5) is 0. The normalized spacial score (nSPS) is 10.9. The molecular formula is C15H14N2O2S. The molecule has 0 aliphatic rings. The molecule has 4 nitrogen and oxygen atoms in total. The Morgan fingerprint density at radius 3 is 2.80 bits per heavy atom. The van der Waals surface area contributed by atoms with Crippen LogP contribution in [-0.2, 0) is 5.75 Å². The Hall–Kier alpha value is -2.01. The third-order valence-electron chi connectivity index (χ3n) is 2.94. The lowest BCUT2D eigenvalue weighted by atomic mass is 10.2. The molecule has 3 aromatic rings. The van der Waals surface area contributed by atoms with Crippen LogP contribution in [0.25, 0.3) is 11.5 Å². The Morgan fingerprint density at radius 2 is 2.05 bits per heavy atom. The van der Waals surface area contributed by atoms with Gasteiger partial charge in [-0.25, -0.2) is 0 Å². The highest BCUT2D eigenvalue weighted by Gasteiger charge is 2.13. The van der Waals surface area contributed by atoms with E-state index in [4.69, 9.17) is 8.83 Å². The zero-order chi connectivity index (χ0) is 13.9.